The van der Waals surface area contributed by atoms with E-state index in [-0.39, 0.29) is 0 Å². The molecule has 0 saturated heterocycles. The summed E-state index contributed by atoms with van der Waals surface area (Å²) in [5.41, 5.74) is 0. The Kier molecular flexibility index (Phi) is 16.9. The van der Waals surface area contributed by atoms with Crippen LogP contribution >= 0.6 is 0 Å². The third kappa shape index (κ3) is 31.3. The molecule has 104 valence electrons. The van der Waals surface area contributed by atoms with Crippen LogP contribution in [0.5, 0.6) is 0 Å². The van der Waals surface area contributed by atoms with Gasteiger partial charge < -0.3 is 14.9 Å². The van der Waals surface area contributed by atoms with Crippen molar-refractivity contribution in [2.45, 2.75) is 0 Å². The monoisotopic (exact) mass is 270 g/mol. The zero-order chi connectivity index (χ0) is 15.8. The second kappa shape index (κ2) is 15.0. The number of carboxylic acids is 2. The van der Waals surface area contributed by atoms with E-state index in [1.54, 1.807) is 0 Å². The number of ether oxygens (including phenoxy) is 1. The maximum atomic E-state index is 10.2. The summed E-state index contributed by atoms with van der Waals surface area (Å²) in [5, 5.41) is 15.2. The van der Waals surface area contributed by atoms with Crippen LogP contribution in [0.2, 0.25) is 0 Å². The standard InChI is InChI=1S/C6H6O3.2C3H4O2/c1-3-5(7)9-6(8)4-2;2*1-2-3(4)5/h3-4H,1-2H2;2*2H,1H2,(H,4,5). The molecule has 0 unspecified atom stereocenters. The fourth-order valence-electron chi connectivity index (χ4n) is 0.182. The highest BCUT2D eigenvalue weighted by Gasteiger charge is 1.99. The van der Waals surface area contributed by atoms with Crippen LogP contribution in [-0.4, -0.2) is 34.1 Å². The maximum Gasteiger partial charge on any atom is 0.338 e. The first-order chi connectivity index (χ1) is 8.74. The molecule has 19 heavy (non-hydrogen) atoms. The molecule has 0 aromatic heterocycles. The van der Waals surface area contributed by atoms with Crippen LogP contribution in [0, 0.1) is 0 Å². The van der Waals surface area contributed by atoms with Crippen molar-refractivity contribution in [2.75, 3.05) is 0 Å². The van der Waals surface area contributed by atoms with E-state index in [1.807, 2.05) is 0 Å². The molecule has 0 saturated carbocycles. The molecular formula is C12H14O7. The van der Waals surface area contributed by atoms with Crippen molar-refractivity contribution in [1.82, 2.24) is 0 Å². The van der Waals surface area contributed by atoms with Gasteiger partial charge in [-0.25, -0.2) is 19.2 Å². The average molecular weight is 270 g/mol. The van der Waals surface area contributed by atoms with Gasteiger partial charge in [-0.2, -0.15) is 0 Å². The number of esters is 2. The van der Waals surface area contributed by atoms with Crippen LogP contribution in [0.1, 0.15) is 0 Å². The summed E-state index contributed by atoms with van der Waals surface area (Å²) in [6.07, 6.45) is 3.47. The smallest absolute Gasteiger partial charge is 0.338 e. The first-order valence-corrected chi connectivity index (χ1v) is 4.46. The summed E-state index contributed by atoms with van der Waals surface area (Å²) < 4.78 is 4.03. The largest absolute Gasteiger partial charge is 0.478 e. The molecule has 0 radical (unpaired) electrons. The molecule has 0 aliphatic heterocycles. The quantitative estimate of drug-likeness (QED) is 0.443. The normalized spacial score (nSPS) is 6.95. The Morgan fingerprint density at radius 2 is 0.895 bits per heavy atom. The molecular weight excluding hydrogens is 256 g/mol. The van der Waals surface area contributed by atoms with Crippen molar-refractivity contribution < 1.29 is 34.1 Å². The van der Waals surface area contributed by atoms with Crippen LogP contribution < -0.4 is 0 Å². The molecule has 0 rings (SSSR count). The third-order valence-corrected chi connectivity index (χ3v) is 0.884. The molecule has 0 aromatic rings. The lowest BCUT2D eigenvalue weighted by atomic mass is 10.6. The molecule has 0 amide bonds. The van der Waals surface area contributed by atoms with Gasteiger partial charge in [0.1, 0.15) is 0 Å². The van der Waals surface area contributed by atoms with Crippen molar-refractivity contribution in [2.24, 2.45) is 0 Å². The van der Waals surface area contributed by atoms with E-state index in [0.29, 0.717) is 0 Å². The van der Waals surface area contributed by atoms with Gasteiger partial charge >= 0.3 is 23.9 Å². The molecule has 0 heterocycles. The predicted molar refractivity (Wildman–Crippen MR) is 67.2 cm³/mol. The van der Waals surface area contributed by atoms with Gasteiger partial charge in [0.15, 0.2) is 0 Å². The van der Waals surface area contributed by atoms with Crippen LogP contribution in [0.4, 0.5) is 0 Å². The van der Waals surface area contributed by atoms with E-state index in [2.05, 4.69) is 31.1 Å². The Balaban J connectivity index is -0.000000219. The van der Waals surface area contributed by atoms with Crippen LogP contribution in [0.3, 0.4) is 0 Å². The molecule has 0 bridgehead atoms. The highest BCUT2D eigenvalue weighted by Crippen LogP contribution is 1.80. The summed E-state index contributed by atoms with van der Waals surface area (Å²) >= 11 is 0. The van der Waals surface area contributed by atoms with E-state index in [4.69, 9.17) is 10.2 Å². The number of carbonyl (C=O) groups is 4. The van der Waals surface area contributed by atoms with Gasteiger partial charge in [0, 0.05) is 24.3 Å². The number of carboxylic acid groups (broad SMARTS) is 2. The summed E-state index contributed by atoms with van der Waals surface area (Å²) in [7, 11) is 0. The first kappa shape index (κ1) is 21.3. The average Bonchev–Trinajstić information content (AvgIpc) is 2.39. The highest BCUT2D eigenvalue weighted by molar-refractivity contribution is 5.95. The van der Waals surface area contributed by atoms with Crippen LogP contribution in [0.15, 0.2) is 50.6 Å². The summed E-state index contributed by atoms with van der Waals surface area (Å²) in [4.78, 5) is 38.8. The SMILES string of the molecule is C=CC(=O)O.C=CC(=O)O.C=CC(=O)OC(=O)C=C. The molecule has 7 nitrogen and oxygen atoms in total. The van der Waals surface area contributed by atoms with Gasteiger partial charge in [-0.3, -0.25) is 0 Å². The highest BCUT2D eigenvalue weighted by atomic mass is 16.6. The van der Waals surface area contributed by atoms with E-state index < -0.39 is 23.9 Å². The van der Waals surface area contributed by atoms with Crippen molar-refractivity contribution in [3.05, 3.63) is 50.6 Å². The van der Waals surface area contributed by atoms with Crippen LogP contribution in [0.25, 0.3) is 0 Å². The fraction of sp³-hybridized carbons (Fsp3) is 0. The Morgan fingerprint density at radius 3 is 1.00 bits per heavy atom. The van der Waals surface area contributed by atoms with Gasteiger partial charge in [-0.1, -0.05) is 26.3 Å². The summed E-state index contributed by atoms with van der Waals surface area (Å²) in [6.45, 7) is 12.1. The minimum Gasteiger partial charge on any atom is -0.478 e. The van der Waals surface area contributed by atoms with Gasteiger partial charge in [0.05, 0.1) is 0 Å². The lowest BCUT2D eigenvalue weighted by molar-refractivity contribution is -0.152. The Bertz CT molecular complexity index is 344. The predicted octanol–water partition coefficient (Wildman–Crippen LogP) is 0.942. The number of hydrogen-bond acceptors (Lipinski definition) is 5. The van der Waals surface area contributed by atoms with Crippen molar-refractivity contribution in [1.29, 1.82) is 0 Å². The lowest BCUT2D eigenvalue weighted by Gasteiger charge is -1.90. The van der Waals surface area contributed by atoms with Gasteiger partial charge in [-0.05, 0) is 0 Å². The zero-order valence-electron chi connectivity index (χ0n) is 10.1. The van der Waals surface area contributed by atoms with Crippen molar-refractivity contribution >= 4 is 23.9 Å². The Morgan fingerprint density at radius 1 is 0.684 bits per heavy atom. The number of carbonyl (C=O) groups excluding carboxylic acids is 2. The number of aliphatic carboxylic acids is 2. The minimum absolute atomic E-state index is 0.764. The zero-order valence-corrected chi connectivity index (χ0v) is 10.1. The van der Waals surface area contributed by atoms with Crippen molar-refractivity contribution in [3.63, 3.8) is 0 Å². The molecule has 0 aliphatic rings. The van der Waals surface area contributed by atoms with Gasteiger partial charge in [-0.15, -0.1) is 0 Å². The fourth-order valence-corrected chi connectivity index (χ4v) is 0.182. The maximum absolute atomic E-state index is 10.2. The Hall–Kier alpha value is -2.96. The van der Waals surface area contributed by atoms with E-state index in [1.165, 1.54) is 0 Å². The minimum atomic E-state index is -0.981. The Labute approximate surface area is 109 Å². The van der Waals surface area contributed by atoms with Gasteiger partial charge in [0.25, 0.3) is 0 Å². The molecule has 0 spiro atoms. The van der Waals surface area contributed by atoms with E-state index in [9.17, 15) is 19.2 Å². The second-order valence-electron chi connectivity index (χ2n) is 2.23. The molecule has 2 N–H and O–H groups in total. The summed E-state index contributed by atoms with van der Waals surface area (Å²) in [5.74, 6) is -3.49. The molecule has 0 fully saturated rings. The third-order valence-electron chi connectivity index (χ3n) is 0.884. The number of rotatable bonds is 4. The van der Waals surface area contributed by atoms with E-state index >= 15 is 0 Å². The van der Waals surface area contributed by atoms with E-state index in [0.717, 1.165) is 24.3 Å². The second-order valence-corrected chi connectivity index (χ2v) is 2.23. The molecule has 0 aliphatic carbocycles. The first-order valence-electron chi connectivity index (χ1n) is 4.46. The summed E-state index contributed by atoms with van der Waals surface area (Å²) in [6, 6.07) is 0. The van der Waals surface area contributed by atoms with Crippen molar-refractivity contribution in [3.8, 4) is 0 Å². The molecule has 0 aromatic carbocycles. The topological polar surface area (TPSA) is 118 Å². The number of hydrogen-bond donors (Lipinski definition) is 2. The molecule has 7 heteroatoms. The molecule has 0 atom stereocenters. The van der Waals surface area contributed by atoms with Crippen LogP contribution in [-0.2, 0) is 23.9 Å². The van der Waals surface area contributed by atoms with Gasteiger partial charge in [0.2, 0.25) is 0 Å². The lowest BCUT2D eigenvalue weighted by Crippen LogP contribution is -2.05.